The number of aromatic amines is 1. The van der Waals surface area contributed by atoms with E-state index in [2.05, 4.69) is 36.0 Å². The lowest BCUT2D eigenvalue weighted by Crippen LogP contribution is -2.39. The predicted octanol–water partition coefficient (Wildman–Crippen LogP) is 3.38. The Morgan fingerprint density at radius 2 is 2.35 bits per heavy atom. The van der Waals surface area contributed by atoms with E-state index in [9.17, 15) is 9.18 Å². The molecule has 0 unspecified atom stereocenters. The fourth-order valence-corrected chi connectivity index (χ4v) is 3.44. The molecule has 1 amide bonds. The number of piperidine rings is 1. The molecule has 1 atom stereocenters. The Morgan fingerprint density at radius 3 is 3.12 bits per heavy atom. The summed E-state index contributed by atoms with van der Waals surface area (Å²) >= 11 is 3.36. The molecule has 1 N–H and O–H groups in total. The van der Waals surface area contributed by atoms with Gasteiger partial charge >= 0.3 is 0 Å². The van der Waals surface area contributed by atoms with Crippen LogP contribution in [0.2, 0.25) is 0 Å². The molecule has 3 aromatic rings. The number of pyridine rings is 1. The van der Waals surface area contributed by atoms with Crippen molar-refractivity contribution in [3.05, 3.63) is 52.4 Å². The van der Waals surface area contributed by atoms with Crippen molar-refractivity contribution in [3.63, 3.8) is 0 Å². The molecule has 0 spiro atoms. The number of hydrogen-bond donors (Lipinski definition) is 1. The molecule has 0 aliphatic carbocycles. The smallest absolute Gasteiger partial charge is 0.274 e. The van der Waals surface area contributed by atoms with Gasteiger partial charge < -0.3 is 14.4 Å². The summed E-state index contributed by atoms with van der Waals surface area (Å²) in [4.78, 5) is 25.4. The van der Waals surface area contributed by atoms with Gasteiger partial charge in [0, 0.05) is 35.9 Å². The van der Waals surface area contributed by atoms with E-state index in [-0.39, 0.29) is 17.4 Å². The van der Waals surface area contributed by atoms with Gasteiger partial charge in [-0.05, 0) is 40.9 Å². The fraction of sp³-hybridized carbons (Fsp3) is 0.294. The molecular formula is C17H15BrFN5O2. The van der Waals surface area contributed by atoms with Crippen LogP contribution in [0.5, 0.6) is 0 Å². The summed E-state index contributed by atoms with van der Waals surface area (Å²) in [5, 5.41) is 4.07. The van der Waals surface area contributed by atoms with Gasteiger partial charge in [-0.3, -0.25) is 9.78 Å². The molecule has 1 aliphatic heterocycles. The van der Waals surface area contributed by atoms with Gasteiger partial charge in [0.2, 0.25) is 0 Å². The number of carbonyl (C=O) groups is 1. The van der Waals surface area contributed by atoms with Crippen LogP contribution in [0.3, 0.4) is 0 Å². The first-order chi connectivity index (χ1) is 12.6. The van der Waals surface area contributed by atoms with Crippen molar-refractivity contribution in [1.82, 2.24) is 25.0 Å². The zero-order valence-electron chi connectivity index (χ0n) is 13.7. The Kier molecular flexibility index (Phi) is 4.54. The highest BCUT2D eigenvalue weighted by atomic mass is 79.9. The number of amides is 1. The predicted molar refractivity (Wildman–Crippen MR) is 93.9 cm³/mol. The van der Waals surface area contributed by atoms with Crippen molar-refractivity contribution < 1.29 is 13.7 Å². The zero-order chi connectivity index (χ0) is 18.1. The highest BCUT2D eigenvalue weighted by Crippen LogP contribution is 2.28. The Bertz CT molecular complexity index is 941. The van der Waals surface area contributed by atoms with E-state index in [1.54, 1.807) is 11.1 Å². The summed E-state index contributed by atoms with van der Waals surface area (Å²) in [5.74, 6) is -0.0494. The van der Waals surface area contributed by atoms with Gasteiger partial charge in [-0.1, -0.05) is 5.16 Å². The molecule has 0 saturated carbocycles. The summed E-state index contributed by atoms with van der Waals surface area (Å²) in [7, 11) is 0. The van der Waals surface area contributed by atoms with Gasteiger partial charge in [0.25, 0.3) is 11.8 Å². The van der Waals surface area contributed by atoms with Crippen LogP contribution in [0.25, 0.3) is 11.6 Å². The minimum atomic E-state index is -0.612. The maximum absolute atomic E-state index is 13.9. The number of nitrogens with one attached hydrogen (secondary N) is 1. The second-order valence-electron chi connectivity index (χ2n) is 6.14. The molecule has 0 radical (unpaired) electrons. The van der Waals surface area contributed by atoms with Crippen LogP contribution in [-0.2, 0) is 0 Å². The molecule has 26 heavy (non-hydrogen) atoms. The SMILES string of the molecule is O=C(c1ccncc1F)N1CCC[C@H](c2noc(-c3cc(Br)c[nH]3)n2)C1. The molecule has 4 rings (SSSR count). The molecule has 1 aliphatic rings. The van der Waals surface area contributed by atoms with Gasteiger partial charge in [-0.2, -0.15) is 4.98 Å². The van der Waals surface area contributed by atoms with E-state index in [4.69, 9.17) is 4.52 Å². The average molecular weight is 420 g/mol. The number of halogens is 2. The maximum Gasteiger partial charge on any atom is 0.274 e. The van der Waals surface area contributed by atoms with Crippen LogP contribution in [0.15, 0.2) is 39.7 Å². The molecule has 1 fully saturated rings. The number of carbonyl (C=O) groups excluding carboxylic acids is 1. The third-order valence-electron chi connectivity index (χ3n) is 4.40. The first-order valence-electron chi connectivity index (χ1n) is 8.18. The summed E-state index contributed by atoms with van der Waals surface area (Å²) in [6, 6.07) is 3.25. The lowest BCUT2D eigenvalue weighted by atomic mass is 9.97. The van der Waals surface area contributed by atoms with Crippen LogP contribution >= 0.6 is 15.9 Å². The normalized spacial score (nSPS) is 17.5. The molecule has 4 heterocycles. The number of H-pyrrole nitrogens is 1. The highest BCUT2D eigenvalue weighted by Gasteiger charge is 2.29. The molecule has 134 valence electrons. The molecule has 0 bridgehead atoms. The maximum atomic E-state index is 13.9. The Labute approximate surface area is 156 Å². The molecular weight excluding hydrogens is 405 g/mol. The van der Waals surface area contributed by atoms with E-state index in [1.807, 2.05) is 6.07 Å². The van der Waals surface area contributed by atoms with Gasteiger partial charge in [-0.25, -0.2) is 4.39 Å². The number of rotatable bonds is 3. The first kappa shape index (κ1) is 16.9. The van der Waals surface area contributed by atoms with Gasteiger partial charge in [0.1, 0.15) is 5.69 Å². The van der Waals surface area contributed by atoms with Crippen LogP contribution in [0, 0.1) is 5.82 Å². The van der Waals surface area contributed by atoms with Crippen LogP contribution in [0.4, 0.5) is 4.39 Å². The van der Waals surface area contributed by atoms with Crippen molar-refractivity contribution in [2.45, 2.75) is 18.8 Å². The van der Waals surface area contributed by atoms with Crippen molar-refractivity contribution in [1.29, 1.82) is 0 Å². The summed E-state index contributed by atoms with van der Waals surface area (Å²) < 4.78 is 20.1. The first-order valence-corrected chi connectivity index (χ1v) is 8.98. The Morgan fingerprint density at radius 1 is 1.46 bits per heavy atom. The minimum absolute atomic E-state index is 0.0330. The van der Waals surface area contributed by atoms with Gasteiger partial charge in [0.05, 0.1) is 11.8 Å². The van der Waals surface area contributed by atoms with Crippen molar-refractivity contribution in [2.75, 3.05) is 13.1 Å². The van der Waals surface area contributed by atoms with Gasteiger partial charge in [-0.15, -0.1) is 0 Å². The average Bonchev–Trinajstić information content (AvgIpc) is 3.31. The van der Waals surface area contributed by atoms with E-state index < -0.39 is 5.82 Å². The molecule has 7 nitrogen and oxygen atoms in total. The molecule has 0 aromatic carbocycles. The molecule has 9 heteroatoms. The lowest BCUT2D eigenvalue weighted by Gasteiger charge is -2.31. The van der Waals surface area contributed by atoms with E-state index >= 15 is 0 Å². The summed E-state index contributed by atoms with van der Waals surface area (Å²) in [6.45, 7) is 0.999. The molecule has 3 aromatic heterocycles. The van der Waals surface area contributed by atoms with Crippen molar-refractivity contribution in [3.8, 4) is 11.6 Å². The van der Waals surface area contributed by atoms with E-state index in [0.29, 0.717) is 24.8 Å². The standard InChI is InChI=1S/C17H15BrFN5O2/c18-11-6-14(21-7-11)16-22-15(23-26-16)10-2-1-5-24(9-10)17(25)12-3-4-20-8-13(12)19/h3-4,6-8,10,21H,1-2,5,9H2/t10-/m0/s1. The van der Waals surface area contributed by atoms with Crippen molar-refractivity contribution >= 4 is 21.8 Å². The number of hydrogen-bond acceptors (Lipinski definition) is 5. The van der Waals surface area contributed by atoms with Crippen molar-refractivity contribution in [2.24, 2.45) is 0 Å². The second-order valence-corrected chi connectivity index (χ2v) is 7.05. The number of nitrogens with zero attached hydrogens (tertiary/aromatic N) is 4. The third kappa shape index (κ3) is 3.26. The van der Waals surface area contributed by atoms with E-state index in [0.717, 1.165) is 29.2 Å². The fourth-order valence-electron chi connectivity index (χ4n) is 3.09. The Hall–Kier alpha value is -2.55. The third-order valence-corrected chi connectivity index (χ3v) is 4.85. The minimum Gasteiger partial charge on any atom is -0.356 e. The summed E-state index contributed by atoms with van der Waals surface area (Å²) in [5.41, 5.74) is 0.754. The lowest BCUT2D eigenvalue weighted by molar-refractivity contribution is 0.0698. The van der Waals surface area contributed by atoms with E-state index in [1.165, 1.54) is 12.3 Å². The second kappa shape index (κ2) is 6.99. The number of aromatic nitrogens is 4. The highest BCUT2D eigenvalue weighted by molar-refractivity contribution is 9.10. The topological polar surface area (TPSA) is 87.9 Å². The van der Waals surface area contributed by atoms with Gasteiger partial charge in [0.15, 0.2) is 11.6 Å². The largest absolute Gasteiger partial charge is 0.356 e. The molecule has 1 saturated heterocycles. The Balaban J connectivity index is 1.51. The zero-order valence-corrected chi connectivity index (χ0v) is 15.2. The quantitative estimate of drug-likeness (QED) is 0.702. The van der Waals surface area contributed by atoms with Crippen LogP contribution in [0.1, 0.15) is 34.9 Å². The monoisotopic (exact) mass is 419 g/mol. The van der Waals surface area contributed by atoms with Crippen LogP contribution < -0.4 is 0 Å². The number of likely N-dealkylation sites (tertiary alicyclic amines) is 1. The summed E-state index contributed by atoms with van der Waals surface area (Å²) in [6.07, 6.45) is 5.88. The van der Waals surface area contributed by atoms with Crippen LogP contribution in [-0.4, -0.2) is 44.0 Å².